The van der Waals surface area contributed by atoms with E-state index >= 15 is 0 Å². The number of nitrogen functional groups attached to an aromatic ring is 2. The molecule has 0 fully saturated rings. The number of hydrogen-bond donors (Lipinski definition) is 2. The molecule has 80 valence electrons. The number of nitrogens with zero attached hydrogens (tertiary/aromatic N) is 1. The maximum atomic E-state index is 5.90. The van der Waals surface area contributed by atoms with Crippen molar-refractivity contribution in [2.24, 2.45) is 0 Å². The van der Waals surface area contributed by atoms with Gasteiger partial charge in [0, 0.05) is 11.3 Å². The van der Waals surface area contributed by atoms with Crippen molar-refractivity contribution < 1.29 is 4.74 Å². The highest BCUT2D eigenvalue weighted by molar-refractivity contribution is 7.23. The van der Waals surface area contributed by atoms with E-state index < -0.39 is 0 Å². The third kappa shape index (κ3) is 1.31. The standard InChI is InChI=1S/C10H13N3OS/c1-4-5(2)13-10-6(8(4)14-3)7(11)9(12)15-10/h11-12H2,1-3H3. The van der Waals surface area contributed by atoms with Crippen LogP contribution in [-0.2, 0) is 0 Å². The summed E-state index contributed by atoms with van der Waals surface area (Å²) in [5, 5.41) is 1.43. The average molecular weight is 223 g/mol. The first kappa shape index (κ1) is 10.0. The maximum absolute atomic E-state index is 5.90. The number of rotatable bonds is 1. The molecule has 5 heteroatoms. The Kier molecular flexibility index (Phi) is 2.19. The number of anilines is 2. The van der Waals surface area contributed by atoms with Crippen LogP contribution in [-0.4, -0.2) is 12.1 Å². The second kappa shape index (κ2) is 3.27. The minimum atomic E-state index is 0.572. The van der Waals surface area contributed by atoms with Gasteiger partial charge in [0.15, 0.2) is 0 Å². The van der Waals surface area contributed by atoms with E-state index in [2.05, 4.69) is 4.98 Å². The summed E-state index contributed by atoms with van der Waals surface area (Å²) in [6.07, 6.45) is 0. The van der Waals surface area contributed by atoms with Gasteiger partial charge in [-0.1, -0.05) is 11.3 Å². The summed E-state index contributed by atoms with van der Waals surface area (Å²) in [5.74, 6) is 0.781. The highest BCUT2D eigenvalue weighted by Gasteiger charge is 2.16. The summed E-state index contributed by atoms with van der Waals surface area (Å²) in [4.78, 5) is 5.28. The molecule has 0 aromatic carbocycles. The summed E-state index contributed by atoms with van der Waals surface area (Å²) in [6.45, 7) is 3.91. The van der Waals surface area contributed by atoms with Crippen LogP contribution in [0.4, 0.5) is 10.7 Å². The van der Waals surface area contributed by atoms with Crippen LogP contribution < -0.4 is 16.2 Å². The summed E-state index contributed by atoms with van der Waals surface area (Å²) in [5.41, 5.74) is 14.2. The number of thiophene rings is 1. The van der Waals surface area contributed by atoms with Gasteiger partial charge in [0.25, 0.3) is 0 Å². The van der Waals surface area contributed by atoms with Crippen molar-refractivity contribution in [3.05, 3.63) is 11.3 Å². The fraction of sp³-hybridized carbons (Fsp3) is 0.300. The summed E-state index contributed by atoms with van der Waals surface area (Å²) >= 11 is 1.39. The van der Waals surface area contributed by atoms with Crippen LogP contribution in [0.3, 0.4) is 0 Å². The van der Waals surface area contributed by atoms with E-state index in [1.807, 2.05) is 13.8 Å². The van der Waals surface area contributed by atoms with Gasteiger partial charge in [-0.25, -0.2) is 4.98 Å². The second-order valence-electron chi connectivity index (χ2n) is 3.42. The lowest BCUT2D eigenvalue weighted by Gasteiger charge is -2.08. The summed E-state index contributed by atoms with van der Waals surface area (Å²) in [7, 11) is 1.63. The molecular formula is C10H13N3OS. The van der Waals surface area contributed by atoms with Gasteiger partial charge in [0.2, 0.25) is 0 Å². The van der Waals surface area contributed by atoms with Crippen molar-refractivity contribution in [3.8, 4) is 5.75 Å². The van der Waals surface area contributed by atoms with Gasteiger partial charge in [0.1, 0.15) is 15.6 Å². The van der Waals surface area contributed by atoms with Gasteiger partial charge in [-0.05, 0) is 13.8 Å². The van der Waals surface area contributed by atoms with Crippen molar-refractivity contribution in [2.45, 2.75) is 13.8 Å². The third-order valence-corrected chi connectivity index (χ3v) is 3.47. The van der Waals surface area contributed by atoms with Crippen molar-refractivity contribution in [1.29, 1.82) is 0 Å². The fourth-order valence-electron chi connectivity index (χ4n) is 1.59. The van der Waals surface area contributed by atoms with E-state index in [9.17, 15) is 0 Å². The minimum absolute atomic E-state index is 0.572. The zero-order chi connectivity index (χ0) is 11.2. The molecular weight excluding hydrogens is 210 g/mol. The lowest BCUT2D eigenvalue weighted by Crippen LogP contribution is -1.96. The van der Waals surface area contributed by atoms with Crippen molar-refractivity contribution in [1.82, 2.24) is 4.98 Å². The zero-order valence-corrected chi connectivity index (χ0v) is 9.73. The Morgan fingerprint density at radius 3 is 2.53 bits per heavy atom. The SMILES string of the molecule is COc1c(C)c(C)nc2sc(N)c(N)c12. The molecule has 4 N–H and O–H groups in total. The normalized spacial score (nSPS) is 10.9. The molecule has 2 rings (SSSR count). The molecule has 0 saturated heterocycles. The van der Waals surface area contributed by atoms with Crippen LogP contribution in [0.25, 0.3) is 10.2 Å². The van der Waals surface area contributed by atoms with Gasteiger partial charge in [-0.15, -0.1) is 0 Å². The van der Waals surface area contributed by atoms with Crippen LogP contribution >= 0.6 is 11.3 Å². The molecule has 0 bridgehead atoms. The number of methoxy groups -OCH3 is 1. The fourth-order valence-corrected chi connectivity index (χ4v) is 2.50. The molecule has 0 amide bonds. The Morgan fingerprint density at radius 2 is 1.93 bits per heavy atom. The average Bonchev–Trinajstić information content (AvgIpc) is 2.46. The number of fused-ring (bicyclic) bond motifs is 1. The summed E-state index contributed by atoms with van der Waals surface area (Å²) in [6, 6.07) is 0. The van der Waals surface area contributed by atoms with Gasteiger partial charge in [-0.2, -0.15) is 0 Å². The van der Waals surface area contributed by atoms with Crippen LogP contribution in [0.1, 0.15) is 11.3 Å². The van der Waals surface area contributed by atoms with Crippen molar-refractivity contribution in [2.75, 3.05) is 18.6 Å². The van der Waals surface area contributed by atoms with Crippen LogP contribution in [0, 0.1) is 13.8 Å². The number of nitrogens with two attached hydrogens (primary N) is 2. The molecule has 0 aliphatic carbocycles. The smallest absolute Gasteiger partial charge is 0.136 e. The molecule has 0 aliphatic heterocycles. The van der Waals surface area contributed by atoms with Crippen molar-refractivity contribution in [3.63, 3.8) is 0 Å². The Labute approximate surface area is 91.9 Å². The highest BCUT2D eigenvalue weighted by atomic mass is 32.1. The largest absolute Gasteiger partial charge is 0.496 e. The van der Waals surface area contributed by atoms with Gasteiger partial charge in [-0.3, -0.25) is 0 Å². The maximum Gasteiger partial charge on any atom is 0.136 e. The summed E-state index contributed by atoms with van der Waals surface area (Å²) < 4.78 is 5.36. The van der Waals surface area contributed by atoms with E-state index in [0.29, 0.717) is 10.7 Å². The number of pyridine rings is 1. The molecule has 2 heterocycles. The predicted octanol–water partition coefficient (Wildman–Crippen LogP) is 2.09. The molecule has 0 spiro atoms. The lowest BCUT2D eigenvalue weighted by molar-refractivity contribution is 0.416. The molecule has 0 aliphatic rings. The highest BCUT2D eigenvalue weighted by Crippen LogP contribution is 2.42. The van der Waals surface area contributed by atoms with E-state index in [1.54, 1.807) is 7.11 Å². The monoisotopic (exact) mass is 223 g/mol. The zero-order valence-electron chi connectivity index (χ0n) is 8.92. The molecule has 0 atom stereocenters. The van der Waals surface area contributed by atoms with E-state index in [-0.39, 0.29) is 0 Å². The lowest BCUT2D eigenvalue weighted by atomic mass is 10.1. The predicted molar refractivity (Wildman–Crippen MR) is 64.5 cm³/mol. The van der Waals surface area contributed by atoms with Crippen LogP contribution in [0.5, 0.6) is 5.75 Å². The van der Waals surface area contributed by atoms with E-state index in [4.69, 9.17) is 16.2 Å². The second-order valence-corrected chi connectivity index (χ2v) is 4.45. The van der Waals surface area contributed by atoms with Gasteiger partial charge < -0.3 is 16.2 Å². The topological polar surface area (TPSA) is 74.2 Å². The Hall–Kier alpha value is -1.49. The molecule has 2 aromatic rings. The Morgan fingerprint density at radius 1 is 1.27 bits per heavy atom. The molecule has 0 saturated carbocycles. The molecule has 4 nitrogen and oxygen atoms in total. The number of aryl methyl sites for hydroxylation is 1. The number of aromatic nitrogens is 1. The first-order valence-electron chi connectivity index (χ1n) is 4.55. The molecule has 0 radical (unpaired) electrons. The third-order valence-electron chi connectivity index (χ3n) is 2.54. The number of hydrogen-bond acceptors (Lipinski definition) is 5. The minimum Gasteiger partial charge on any atom is -0.496 e. The van der Waals surface area contributed by atoms with E-state index in [1.165, 1.54) is 11.3 Å². The Balaban J connectivity index is 2.95. The first-order valence-corrected chi connectivity index (χ1v) is 5.36. The van der Waals surface area contributed by atoms with Gasteiger partial charge in [0.05, 0.1) is 18.2 Å². The van der Waals surface area contributed by atoms with Crippen LogP contribution in [0.2, 0.25) is 0 Å². The molecule has 0 unspecified atom stereocenters. The Bertz CT molecular complexity index is 533. The van der Waals surface area contributed by atoms with Gasteiger partial charge >= 0.3 is 0 Å². The number of ether oxygens (including phenoxy) is 1. The first-order chi connectivity index (χ1) is 7.06. The quantitative estimate of drug-likeness (QED) is 0.776. The van der Waals surface area contributed by atoms with E-state index in [0.717, 1.165) is 27.2 Å². The van der Waals surface area contributed by atoms with Crippen LogP contribution in [0.15, 0.2) is 0 Å². The van der Waals surface area contributed by atoms with Crippen molar-refractivity contribution >= 4 is 32.2 Å². The molecule has 15 heavy (non-hydrogen) atoms. The molecule has 2 aromatic heterocycles.